The molecule has 0 saturated carbocycles. The summed E-state index contributed by atoms with van der Waals surface area (Å²) in [5.41, 5.74) is 0. The Hall–Kier alpha value is -1.24. The van der Waals surface area contributed by atoms with Gasteiger partial charge in [-0.25, -0.2) is 0 Å². The maximum Gasteiger partial charge on any atom is 0.225 e. The van der Waals surface area contributed by atoms with Crippen LogP contribution in [0.5, 0.6) is 0 Å². The van der Waals surface area contributed by atoms with Crippen LogP contribution in [0.3, 0.4) is 0 Å². The smallest absolute Gasteiger partial charge is 0.225 e. The molecule has 1 N–H and O–H groups in total. The van der Waals surface area contributed by atoms with Crippen LogP contribution in [-0.2, 0) is 4.79 Å². The number of rotatable bonds is 0. The molecule has 0 spiro atoms. The van der Waals surface area contributed by atoms with Gasteiger partial charge in [-0.15, -0.1) is 0 Å². The lowest BCUT2D eigenvalue weighted by atomic mass is 9.92. The number of carbonyl (C=O) groups excluding carboxylic acids is 1. The molecule has 2 heterocycles. The number of amides is 1. The Morgan fingerprint density at radius 3 is 3.25 bits per heavy atom. The van der Waals surface area contributed by atoms with Crippen LogP contribution in [0.15, 0.2) is 0 Å². The van der Waals surface area contributed by atoms with Crippen LogP contribution >= 0.6 is 0 Å². The first-order chi connectivity index (χ1) is 5.83. The van der Waals surface area contributed by atoms with E-state index in [9.17, 15) is 4.79 Å². The van der Waals surface area contributed by atoms with Gasteiger partial charge in [0.2, 0.25) is 5.91 Å². The molecule has 0 aromatic carbocycles. The summed E-state index contributed by atoms with van der Waals surface area (Å²) in [5.74, 6) is 0.193. The first-order valence-electron chi connectivity index (χ1n) is 4.27. The number of nitrogens with zero attached hydrogens (tertiary/aromatic N) is 2. The van der Waals surface area contributed by atoms with Crippen molar-refractivity contribution in [3.05, 3.63) is 0 Å². The lowest BCUT2D eigenvalue weighted by Crippen LogP contribution is -2.42. The van der Waals surface area contributed by atoms with E-state index < -0.39 is 0 Å². The average Bonchev–Trinajstić information content (AvgIpc) is 2.48. The monoisotopic (exact) mass is 165 g/mol. The van der Waals surface area contributed by atoms with Crippen molar-refractivity contribution in [2.75, 3.05) is 13.1 Å². The number of nitriles is 1. The highest BCUT2D eigenvalue weighted by atomic mass is 16.2. The minimum atomic E-state index is 0.0680. The van der Waals surface area contributed by atoms with E-state index in [0.29, 0.717) is 6.54 Å². The molecule has 2 aliphatic rings. The summed E-state index contributed by atoms with van der Waals surface area (Å²) in [6.07, 6.45) is 4.04. The molecule has 2 saturated heterocycles. The minimum Gasteiger partial charge on any atom is -0.354 e. The molecule has 12 heavy (non-hydrogen) atoms. The second-order valence-corrected chi connectivity index (χ2v) is 3.35. The van der Waals surface area contributed by atoms with Crippen molar-refractivity contribution < 1.29 is 4.79 Å². The zero-order valence-corrected chi connectivity index (χ0v) is 6.79. The zero-order valence-electron chi connectivity index (χ0n) is 6.79. The SMILES string of the molecule is N#CN1CCCC2C(=O)NCC21. The molecule has 0 radical (unpaired) electrons. The quantitative estimate of drug-likeness (QED) is 0.500. The molecule has 1 amide bonds. The summed E-state index contributed by atoms with van der Waals surface area (Å²) in [7, 11) is 0. The fraction of sp³-hybridized carbons (Fsp3) is 0.750. The van der Waals surface area contributed by atoms with Crippen molar-refractivity contribution in [3.8, 4) is 6.19 Å². The topological polar surface area (TPSA) is 56.1 Å². The van der Waals surface area contributed by atoms with Gasteiger partial charge in [-0.1, -0.05) is 0 Å². The zero-order chi connectivity index (χ0) is 8.55. The van der Waals surface area contributed by atoms with Gasteiger partial charge in [-0.05, 0) is 12.8 Å². The van der Waals surface area contributed by atoms with E-state index in [0.717, 1.165) is 19.4 Å². The Labute approximate surface area is 71.1 Å². The molecular weight excluding hydrogens is 154 g/mol. The number of piperidine rings is 1. The maximum absolute atomic E-state index is 11.2. The van der Waals surface area contributed by atoms with Gasteiger partial charge in [0.15, 0.2) is 6.19 Å². The molecule has 2 aliphatic heterocycles. The van der Waals surface area contributed by atoms with Crippen molar-refractivity contribution in [1.29, 1.82) is 5.26 Å². The van der Waals surface area contributed by atoms with Crippen LogP contribution in [0.1, 0.15) is 12.8 Å². The molecule has 4 heteroatoms. The summed E-state index contributed by atoms with van der Waals surface area (Å²) in [6.45, 7) is 1.46. The van der Waals surface area contributed by atoms with Gasteiger partial charge in [-0.2, -0.15) is 5.26 Å². The predicted octanol–water partition coefficient (Wildman–Crippen LogP) is -0.322. The number of nitrogens with one attached hydrogen (secondary N) is 1. The Bertz CT molecular complexity index is 245. The second-order valence-electron chi connectivity index (χ2n) is 3.35. The number of hydrogen-bond acceptors (Lipinski definition) is 3. The molecule has 0 aromatic rings. The lowest BCUT2D eigenvalue weighted by Gasteiger charge is -2.31. The van der Waals surface area contributed by atoms with E-state index in [1.54, 1.807) is 4.90 Å². The van der Waals surface area contributed by atoms with Crippen LogP contribution in [0.25, 0.3) is 0 Å². The van der Waals surface area contributed by atoms with Crippen molar-refractivity contribution in [2.45, 2.75) is 18.9 Å². The van der Waals surface area contributed by atoms with Gasteiger partial charge in [0, 0.05) is 13.1 Å². The number of carbonyl (C=O) groups is 1. The molecule has 64 valence electrons. The second kappa shape index (κ2) is 2.67. The molecule has 2 atom stereocenters. The summed E-state index contributed by atoms with van der Waals surface area (Å²) < 4.78 is 0. The van der Waals surface area contributed by atoms with Gasteiger partial charge in [0.1, 0.15) is 0 Å². The number of hydrogen-bond donors (Lipinski definition) is 1. The van der Waals surface area contributed by atoms with E-state index in [-0.39, 0.29) is 17.9 Å². The molecule has 0 aliphatic carbocycles. The van der Waals surface area contributed by atoms with Crippen LogP contribution in [0.2, 0.25) is 0 Å². The Morgan fingerprint density at radius 1 is 1.67 bits per heavy atom. The van der Waals surface area contributed by atoms with E-state index in [1.807, 2.05) is 0 Å². The molecule has 2 rings (SSSR count). The molecule has 0 bridgehead atoms. The lowest BCUT2D eigenvalue weighted by molar-refractivity contribution is -0.123. The molecule has 4 nitrogen and oxygen atoms in total. The highest BCUT2D eigenvalue weighted by molar-refractivity contribution is 5.82. The number of likely N-dealkylation sites (tertiary alicyclic amines) is 1. The van der Waals surface area contributed by atoms with Gasteiger partial charge >= 0.3 is 0 Å². The summed E-state index contributed by atoms with van der Waals surface area (Å²) >= 11 is 0. The van der Waals surface area contributed by atoms with Crippen molar-refractivity contribution in [1.82, 2.24) is 10.2 Å². The fourth-order valence-corrected chi connectivity index (χ4v) is 2.08. The molecule has 2 fully saturated rings. The summed E-state index contributed by atoms with van der Waals surface area (Å²) in [6, 6.07) is 0.135. The summed E-state index contributed by atoms with van der Waals surface area (Å²) in [4.78, 5) is 13.0. The van der Waals surface area contributed by atoms with E-state index in [2.05, 4.69) is 11.5 Å². The molecular formula is C8H11N3O. The van der Waals surface area contributed by atoms with Crippen molar-refractivity contribution in [3.63, 3.8) is 0 Å². The Kier molecular flexibility index (Phi) is 1.65. The highest BCUT2D eigenvalue weighted by Crippen LogP contribution is 2.26. The molecule has 0 aromatic heterocycles. The van der Waals surface area contributed by atoms with Gasteiger partial charge in [-0.3, -0.25) is 4.79 Å². The first kappa shape index (κ1) is 7.41. The van der Waals surface area contributed by atoms with Crippen molar-refractivity contribution in [2.24, 2.45) is 5.92 Å². The summed E-state index contributed by atoms with van der Waals surface area (Å²) in [5, 5.41) is 11.6. The third-order valence-electron chi connectivity index (χ3n) is 2.73. The van der Waals surface area contributed by atoms with E-state index in [4.69, 9.17) is 5.26 Å². The predicted molar refractivity (Wildman–Crippen MR) is 41.8 cm³/mol. The van der Waals surface area contributed by atoms with Crippen LogP contribution in [0, 0.1) is 17.4 Å². The van der Waals surface area contributed by atoms with E-state index >= 15 is 0 Å². The number of fused-ring (bicyclic) bond motifs is 1. The van der Waals surface area contributed by atoms with E-state index in [1.165, 1.54) is 0 Å². The standard InChI is InChI=1S/C8H11N3O/c9-5-11-3-1-2-6-7(11)4-10-8(6)12/h6-7H,1-4H2,(H,10,12). The highest BCUT2D eigenvalue weighted by Gasteiger charge is 2.40. The van der Waals surface area contributed by atoms with Crippen LogP contribution in [0.4, 0.5) is 0 Å². The van der Waals surface area contributed by atoms with Crippen molar-refractivity contribution >= 4 is 5.91 Å². The normalized spacial score (nSPS) is 33.9. The largest absolute Gasteiger partial charge is 0.354 e. The average molecular weight is 165 g/mol. The minimum absolute atomic E-state index is 0.0680. The van der Waals surface area contributed by atoms with Gasteiger partial charge in [0.25, 0.3) is 0 Å². The third-order valence-corrected chi connectivity index (χ3v) is 2.73. The molecule has 2 unspecified atom stereocenters. The Morgan fingerprint density at radius 2 is 2.50 bits per heavy atom. The van der Waals surface area contributed by atoms with Crippen LogP contribution < -0.4 is 5.32 Å². The van der Waals surface area contributed by atoms with Gasteiger partial charge < -0.3 is 10.2 Å². The van der Waals surface area contributed by atoms with Gasteiger partial charge in [0.05, 0.1) is 12.0 Å². The maximum atomic E-state index is 11.2. The third kappa shape index (κ3) is 0.934. The van der Waals surface area contributed by atoms with Crippen LogP contribution in [-0.4, -0.2) is 29.9 Å². The fourth-order valence-electron chi connectivity index (χ4n) is 2.08. The first-order valence-corrected chi connectivity index (χ1v) is 4.27. The Balaban J connectivity index is 2.16.